The summed E-state index contributed by atoms with van der Waals surface area (Å²) in [6.45, 7) is 4.95. The first-order valence-electron chi connectivity index (χ1n) is 6.25. The predicted molar refractivity (Wildman–Crippen MR) is 75.5 cm³/mol. The Balaban J connectivity index is 2.84. The molecule has 22 heavy (non-hydrogen) atoms. The fraction of sp³-hybridized carbons (Fsp3) is 0.462. The number of rotatable bonds is 3. The van der Waals surface area contributed by atoms with Gasteiger partial charge in [0.2, 0.25) is 0 Å². The summed E-state index contributed by atoms with van der Waals surface area (Å²) in [6, 6.07) is 2.46. The molecule has 9 heteroatoms. The SMILES string of the molecule is CN(Cc1ccc(S(F)(F)(F)(F)F)cc1)C(=O)OC(C)(C)C. The Labute approximate surface area is 125 Å². The molecule has 0 spiro atoms. The number of ether oxygens (including phenoxy) is 1. The molecular formula is C13H18F5NO2S. The predicted octanol–water partition coefficient (Wildman–Crippen LogP) is 5.71. The number of hydrogen-bond donors (Lipinski definition) is 0. The van der Waals surface area contributed by atoms with Crippen LogP contribution in [0.2, 0.25) is 0 Å². The lowest BCUT2D eigenvalue weighted by Crippen LogP contribution is -2.33. The van der Waals surface area contributed by atoms with E-state index >= 15 is 0 Å². The summed E-state index contributed by atoms with van der Waals surface area (Å²) in [6.07, 6.45) is -0.663. The Bertz CT molecular complexity index is 563. The molecule has 3 nitrogen and oxygen atoms in total. The third kappa shape index (κ3) is 5.70. The van der Waals surface area contributed by atoms with Crippen molar-refractivity contribution in [3.8, 4) is 0 Å². The van der Waals surface area contributed by atoms with Crippen LogP contribution >= 0.6 is 10.2 Å². The summed E-state index contributed by atoms with van der Waals surface area (Å²) in [5.41, 5.74) is -0.434. The van der Waals surface area contributed by atoms with Crippen molar-refractivity contribution in [3.63, 3.8) is 0 Å². The van der Waals surface area contributed by atoms with Gasteiger partial charge >= 0.3 is 16.3 Å². The van der Waals surface area contributed by atoms with Crippen LogP contribution in [0.5, 0.6) is 0 Å². The Morgan fingerprint density at radius 2 is 1.55 bits per heavy atom. The molecule has 0 saturated heterocycles. The van der Waals surface area contributed by atoms with Gasteiger partial charge in [0.05, 0.1) is 0 Å². The molecule has 1 aromatic carbocycles. The van der Waals surface area contributed by atoms with Crippen LogP contribution < -0.4 is 0 Å². The van der Waals surface area contributed by atoms with Gasteiger partial charge in [-0.05, 0) is 38.5 Å². The average Bonchev–Trinajstić information content (AvgIpc) is 2.24. The summed E-state index contributed by atoms with van der Waals surface area (Å²) >= 11 is 0. The first-order chi connectivity index (χ1) is 9.48. The van der Waals surface area contributed by atoms with E-state index in [-0.39, 0.29) is 12.1 Å². The van der Waals surface area contributed by atoms with Crippen molar-refractivity contribution in [3.05, 3.63) is 29.8 Å². The fourth-order valence-corrected chi connectivity index (χ4v) is 2.18. The number of halogens is 5. The zero-order valence-corrected chi connectivity index (χ0v) is 13.4. The number of hydrogen-bond acceptors (Lipinski definition) is 2. The number of amides is 1. The van der Waals surface area contributed by atoms with Crippen LogP contribution in [0.3, 0.4) is 0 Å². The minimum Gasteiger partial charge on any atom is -0.444 e. The number of carbonyl (C=O) groups is 1. The van der Waals surface area contributed by atoms with Gasteiger partial charge in [0, 0.05) is 13.6 Å². The molecular weight excluding hydrogens is 329 g/mol. The van der Waals surface area contributed by atoms with Gasteiger partial charge in [0.25, 0.3) is 0 Å². The van der Waals surface area contributed by atoms with Crippen LogP contribution in [0.4, 0.5) is 24.2 Å². The van der Waals surface area contributed by atoms with Crippen molar-refractivity contribution in [2.75, 3.05) is 7.05 Å². The minimum atomic E-state index is -9.66. The van der Waals surface area contributed by atoms with Crippen molar-refractivity contribution < 1.29 is 29.0 Å². The lowest BCUT2D eigenvalue weighted by Gasteiger charge is -2.40. The molecule has 0 N–H and O–H groups in total. The van der Waals surface area contributed by atoms with E-state index in [1.807, 2.05) is 0 Å². The summed E-state index contributed by atoms with van der Waals surface area (Å²) in [4.78, 5) is 10.9. The molecule has 0 aliphatic carbocycles. The summed E-state index contributed by atoms with van der Waals surface area (Å²) in [5.74, 6) is 0. The Kier molecular flexibility index (Phi) is 3.99. The molecule has 128 valence electrons. The van der Waals surface area contributed by atoms with E-state index in [9.17, 15) is 24.2 Å². The van der Waals surface area contributed by atoms with Gasteiger partial charge in [-0.25, -0.2) is 4.79 Å². The van der Waals surface area contributed by atoms with E-state index < -0.39 is 26.8 Å². The van der Waals surface area contributed by atoms with Crippen molar-refractivity contribution in [2.45, 2.75) is 37.8 Å². The van der Waals surface area contributed by atoms with E-state index in [0.717, 1.165) is 17.0 Å². The molecule has 0 atom stereocenters. The van der Waals surface area contributed by atoms with E-state index in [2.05, 4.69) is 0 Å². The van der Waals surface area contributed by atoms with Crippen LogP contribution in [0, 0.1) is 0 Å². The molecule has 1 rings (SSSR count). The Morgan fingerprint density at radius 1 is 1.09 bits per heavy atom. The maximum Gasteiger partial charge on any atom is 0.410 e. The van der Waals surface area contributed by atoms with Gasteiger partial charge in [-0.2, -0.15) is 0 Å². The highest BCUT2D eigenvalue weighted by atomic mass is 32.5. The zero-order chi connectivity index (χ0) is 17.5. The lowest BCUT2D eigenvalue weighted by molar-refractivity contribution is 0.0285. The average molecular weight is 347 g/mol. The largest absolute Gasteiger partial charge is 0.444 e. The fourth-order valence-electron chi connectivity index (χ4n) is 1.53. The van der Waals surface area contributed by atoms with E-state index in [1.54, 1.807) is 20.8 Å². The Hall–Kier alpha value is -1.51. The van der Waals surface area contributed by atoms with E-state index in [1.165, 1.54) is 7.05 Å². The van der Waals surface area contributed by atoms with Crippen molar-refractivity contribution in [2.24, 2.45) is 0 Å². The van der Waals surface area contributed by atoms with Gasteiger partial charge in [0.15, 0.2) is 0 Å². The second kappa shape index (κ2) is 4.74. The van der Waals surface area contributed by atoms with Crippen molar-refractivity contribution in [1.82, 2.24) is 4.90 Å². The van der Waals surface area contributed by atoms with Crippen LogP contribution in [-0.2, 0) is 11.3 Å². The molecule has 1 amide bonds. The summed E-state index contributed by atoms with van der Waals surface area (Å²) in [7, 11) is -8.26. The monoisotopic (exact) mass is 347 g/mol. The highest BCUT2D eigenvalue weighted by Gasteiger charge is 2.65. The van der Waals surface area contributed by atoms with Gasteiger partial charge in [-0.15, -0.1) is 0 Å². The standard InChI is InChI=1S/C13H18F5NO2S/c1-13(2,3)21-12(20)19(4)9-10-5-7-11(8-6-10)22(14,15,16,17)18/h5-8H,9H2,1-4H3. The molecule has 0 heterocycles. The van der Waals surface area contributed by atoms with Gasteiger partial charge in [-0.1, -0.05) is 31.6 Å². The molecule has 0 bridgehead atoms. The molecule has 0 aromatic heterocycles. The number of nitrogens with zero attached hydrogens (tertiary/aromatic N) is 1. The first-order valence-corrected chi connectivity index (χ1v) is 8.20. The Morgan fingerprint density at radius 3 is 1.91 bits per heavy atom. The first kappa shape index (κ1) is 18.5. The second-order valence-corrected chi connectivity index (χ2v) is 8.36. The normalized spacial score (nSPS) is 15.7. The van der Waals surface area contributed by atoms with Crippen LogP contribution in [-0.4, -0.2) is 23.6 Å². The summed E-state index contributed by atoms with van der Waals surface area (Å²) < 4.78 is 67.9. The van der Waals surface area contributed by atoms with Crippen LogP contribution in [0.1, 0.15) is 26.3 Å². The van der Waals surface area contributed by atoms with Crippen molar-refractivity contribution >= 4 is 16.3 Å². The van der Waals surface area contributed by atoms with Crippen LogP contribution in [0.15, 0.2) is 29.2 Å². The van der Waals surface area contributed by atoms with E-state index in [0.29, 0.717) is 12.1 Å². The smallest absolute Gasteiger partial charge is 0.410 e. The third-order valence-electron chi connectivity index (χ3n) is 2.49. The van der Waals surface area contributed by atoms with Gasteiger partial charge in [-0.3, -0.25) is 0 Å². The molecule has 1 aromatic rings. The molecule has 0 saturated carbocycles. The maximum absolute atomic E-state index is 12.6. The molecule has 0 radical (unpaired) electrons. The third-order valence-corrected chi connectivity index (χ3v) is 3.66. The molecule has 0 aliphatic heterocycles. The summed E-state index contributed by atoms with van der Waals surface area (Å²) in [5, 5.41) is 0. The van der Waals surface area contributed by atoms with Gasteiger partial charge < -0.3 is 9.64 Å². The minimum absolute atomic E-state index is 0.0600. The number of benzene rings is 1. The molecule has 0 fully saturated rings. The van der Waals surface area contributed by atoms with E-state index in [4.69, 9.17) is 4.74 Å². The number of carbonyl (C=O) groups excluding carboxylic acids is 1. The maximum atomic E-state index is 12.6. The van der Waals surface area contributed by atoms with Crippen LogP contribution in [0.25, 0.3) is 0 Å². The van der Waals surface area contributed by atoms with Crippen molar-refractivity contribution in [1.29, 1.82) is 0 Å². The quantitative estimate of drug-likeness (QED) is 0.655. The van der Waals surface area contributed by atoms with Gasteiger partial charge in [0.1, 0.15) is 10.5 Å². The highest BCUT2D eigenvalue weighted by Crippen LogP contribution is 3.02. The lowest BCUT2D eigenvalue weighted by atomic mass is 10.2. The zero-order valence-electron chi connectivity index (χ0n) is 12.6. The topological polar surface area (TPSA) is 29.5 Å². The molecule has 0 unspecified atom stereocenters. The molecule has 0 aliphatic rings. The highest BCUT2D eigenvalue weighted by molar-refractivity contribution is 8.45. The second-order valence-electron chi connectivity index (χ2n) is 5.95.